The van der Waals surface area contributed by atoms with Gasteiger partial charge in [0.25, 0.3) is 0 Å². The molecule has 0 aromatic heterocycles. The minimum Gasteiger partial charge on any atom is -0.393 e. The van der Waals surface area contributed by atoms with Crippen molar-refractivity contribution in [1.29, 1.82) is 0 Å². The molecule has 0 aromatic carbocycles. The van der Waals surface area contributed by atoms with Gasteiger partial charge in [-0.3, -0.25) is 0 Å². The third-order valence-electron chi connectivity index (χ3n) is 3.69. The zero-order valence-electron chi connectivity index (χ0n) is 7.70. The summed E-state index contributed by atoms with van der Waals surface area (Å²) in [6.45, 7) is 0.842. The van der Waals surface area contributed by atoms with Crippen LogP contribution in [0.25, 0.3) is 0 Å². The lowest BCUT2D eigenvalue weighted by atomic mass is 9.78. The third-order valence-corrected chi connectivity index (χ3v) is 3.69. The first-order valence-corrected chi connectivity index (χ1v) is 5.00. The largest absolute Gasteiger partial charge is 0.393 e. The minimum atomic E-state index is -0.0149. The second-order valence-corrected chi connectivity index (χ2v) is 4.28. The lowest BCUT2D eigenvalue weighted by molar-refractivity contribution is 0.0000806. The van der Waals surface area contributed by atoms with Crippen LogP contribution in [0.3, 0.4) is 0 Å². The Morgan fingerprint density at radius 3 is 2.75 bits per heavy atom. The van der Waals surface area contributed by atoms with Gasteiger partial charge in [-0.15, -0.1) is 0 Å². The maximum absolute atomic E-state index is 9.85. The molecule has 0 amide bonds. The number of hydrogen-bond acceptors (Lipinski definition) is 2. The smallest absolute Gasteiger partial charge is 0.0600 e. The van der Waals surface area contributed by atoms with Crippen LogP contribution < -0.4 is 0 Å². The van der Waals surface area contributed by atoms with Crippen molar-refractivity contribution in [3.8, 4) is 0 Å². The molecule has 4 atom stereocenters. The summed E-state index contributed by atoms with van der Waals surface area (Å²) in [5.74, 6) is 1.79. The predicted molar refractivity (Wildman–Crippen MR) is 46.8 cm³/mol. The van der Waals surface area contributed by atoms with Crippen molar-refractivity contribution in [3.63, 3.8) is 0 Å². The van der Waals surface area contributed by atoms with E-state index in [1.54, 1.807) is 7.11 Å². The van der Waals surface area contributed by atoms with Crippen molar-refractivity contribution in [2.45, 2.75) is 31.8 Å². The zero-order valence-corrected chi connectivity index (χ0v) is 7.70. The molecule has 2 saturated carbocycles. The summed E-state index contributed by atoms with van der Waals surface area (Å²) < 4.78 is 5.17. The van der Waals surface area contributed by atoms with Crippen LogP contribution in [0, 0.1) is 17.8 Å². The highest BCUT2D eigenvalue weighted by atomic mass is 16.5. The van der Waals surface area contributed by atoms with Crippen molar-refractivity contribution in [1.82, 2.24) is 0 Å². The van der Waals surface area contributed by atoms with Gasteiger partial charge in [-0.1, -0.05) is 0 Å². The van der Waals surface area contributed by atoms with Gasteiger partial charge in [-0.25, -0.2) is 0 Å². The molecule has 0 saturated heterocycles. The summed E-state index contributed by atoms with van der Waals surface area (Å²) in [5.41, 5.74) is 0. The fraction of sp³-hybridized carbons (Fsp3) is 1.00. The Morgan fingerprint density at radius 1 is 1.25 bits per heavy atom. The van der Waals surface area contributed by atoms with Gasteiger partial charge in [-0.05, 0) is 43.4 Å². The molecule has 0 aromatic rings. The number of aliphatic hydroxyl groups excluding tert-OH is 1. The highest BCUT2D eigenvalue weighted by molar-refractivity contribution is 4.93. The Hall–Kier alpha value is -0.0800. The fourth-order valence-corrected chi connectivity index (χ4v) is 2.99. The predicted octanol–water partition coefficient (Wildman–Crippen LogP) is 1.43. The van der Waals surface area contributed by atoms with Crippen LogP contribution >= 0.6 is 0 Å². The standard InChI is InChI=1S/C10H18O2/c1-12-6-8-3-2-7-4-5-9(8)10(7)11/h7-11H,2-6H2,1H3. The molecule has 2 aliphatic rings. The van der Waals surface area contributed by atoms with E-state index in [0.29, 0.717) is 17.8 Å². The van der Waals surface area contributed by atoms with Crippen LogP contribution in [0.15, 0.2) is 0 Å². The summed E-state index contributed by atoms with van der Waals surface area (Å²) >= 11 is 0. The molecule has 4 unspecified atom stereocenters. The van der Waals surface area contributed by atoms with E-state index < -0.39 is 0 Å². The van der Waals surface area contributed by atoms with Crippen LogP contribution in [0.2, 0.25) is 0 Å². The Labute approximate surface area is 73.9 Å². The van der Waals surface area contributed by atoms with E-state index in [1.165, 1.54) is 25.7 Å². The normalized spacial score (nSPS) is 46.5. The Bertz CT molecular complexity index is 158. The lowest BCUT2D eigenvalue weighted by Crippen LogP contribution is -2.34. The number of fused-ring (bicyclic) bond motifs is 2. The first-order valence-electron chi connectivity index (χ1n) is 5.00. The number of methoxy groups -OCH3 is 1. The van der Waals surface area contributed by atoms with Gasteiger partial charge in [0, 0.05) is 13.7 Å². The summed E-state index contributed by atoms with van der Waals surface area (Å²) in [5, 5.41) is 9.85. The topological polar surface area (TPSA) is 29.5 Å². The van der Waals surface area contributed by atoms with Crippen LogP contribution in [0.1, 0.15) is 25.7 Å². The summed E-state index contributed by atoms with van der Waals surface area (Å²) in [7, 11) is 1.76. The fourth-order valence-electron chi connectivity index (χ4n) is 2.99. The molecule has 2 aliphatic carbocycles. The van der Waals surface area contributed by atoms with E-state index in [2.05, 4.69) is 0 Å². The quantitative estimate of drug-likeness (QED) is 0.679. The summed E-state index contributed by atoms with van der Waals surface area (Å²) in [6, 6.07) is 0. The average molecular weight is 170 g/mol. The monoisotopic (exact) mass is 170 g/mol. The van der Waals surface area contributed by atoms with Crippen molar-refractivity contribution in [2.75, 3.05) is 13.7 Å². The number of rotatable bonds is 2. The molecule has 70 valence electrons. The van der Waals surface area contributed by atoms with Crippen molar-refractivity contribution < 1.29 is 9.84 Å². The van der Waals surface area contributed by atoms with Gasteiger partial charge in [0.1, 0.15) is 0 Å². The molecular formula is C10H18O2. The molecule has 0 aliphatic heterocycles. The van der Waals surface area contributed by atoms with Gasteiger partial charge in [0.05, 0.1) is 6.10 Å². The van der Waals surface area contributed by atoms with Crippen LogP contribution in [0.4, 0.5) is 0 Å². The van der Waals surface area contributed by atoms with Crippen molar-refractivity contribution >= 4 is 0 Å². The SMILES string of the molecule is COCC1CCC2CCC1C2O. The van der Waals surface area contributed by atoms with E-state index in [9.17, 15) is 5.11 Å². The first-order chi connectivity index (χ1) is 5.83. The minimum absolute atomic E-state index is 0.0149. The molecule has 2 rings (SSSR count). The van der Waals surface area contributed by atoms with Crippen LogP contribution in [-0.4, -0.2) is 24.9 Å². The molecule has 2 nitrogen and oxygen atoms in total. The van der Waals surface area contributed by atoms with E-state index in [4.69, 9.17) is 4.74 Å². The summed E-state index contributed by atoms with van der Waals surface area (Å²) in [6.07, 6.45) is 4.93. The van der Waals surface area contributed by atoms with Gasteiger partial charge >= 0.3 is 0 Å². The molecule has 0 spiro atoms. The maximum Gasteiger partial charge on any atom is 0.0600 e. The molecule has 2 heteroatoms. The second-order valence-electron chi connectivity index (χ2n) is 4.28. The zero-order chi connectivity index (χ0) is 8.55. The highest BCUT2D eigenvalue weighted by Gasteiger charge is 2.42. The molecule has 2 bridgehead atoms. The average Bonchev–Trinajstić information content (AvgIpc) is 2.33. The maximum atomic E-state index is 9.85. The van der Waals surface area contributed by atoms with Gasteiger partial charge in [-0.2, -0.15) is 0 Å². The van der Waals surface area contributed by atoms with Crippen LogP contribution in [0.5, 0.6) is 0 Å². The molecule has 2 fully saturated rings. The first kappa shape index (κ1) is 8.52. The van der Waals surface area contributed by atoms with E-state index >= 15 is 0 Å². The van der Waals surface area contributed by atoms with Gasteiger partial charge in [0.2, 0.25) is 0 Å². The Kier molecular flexibility index (Phi) is 2.37. The van der Waals surface area contributed by atoms with Gasteiger partial charge < -0.3 is 9.84 Å². The number of ether oxygens (including phenoxy) is 1. The molecule has 12 heavy (non-hydrogen) atoms. The molecule has 0 radical (unpaired) electrons. The lowest BCUT2D eigenvalue weighted by Gasteiger charge is -2.32. The van der Waals surface area contributed by atoms with Crippen molar-refractivity contribution in [2.24, 2.45) is 17.8 Å². The van der Waals surface area contributed by atoms with E-state index in [-0.39, 0.29) is 6.10 Å². The van der Waals surface area contributed by atoms with Crippen molar-refractivity contribution in [3.05, 3.63) is 0 Å². The summed E-state index contributed by atoms with van der Waals surface area (Å²) in [4.78, 5) is 0. The second kappa shape index (κ2) is 3.35. The molecular weight excluding hydrogens is 152 g/mol. The van der Waals surface area contributed by atoms with E-state index in [0.717, 1.165) is 6.61 Å². The van der Waals surface area contributed by atoms with Gasteiger partial charge in [0.15, 0.2) is 0 Å². The Balaban J connectivity index is 1.99. The van der Waals surface area contributed by atoms with Crippen LogP contribution in [-0.2, 0) is 4.74 Å². The molecule has 1 N–H and O–H groups in total. The molecule has 0 heterocycles. The Morgan fingerprint density at radius 2 is 2.00 bits per heavy atom. The highest BCUT2D eigenvalue weighted by Crippen LogP contribution is 2.45. The number of hydrogen-bond donors (Lipinski definition) is 1. The number of aliphatic hydroxyl groups is 1. The third kappa shape index (κ3) is 1.27. The van der Waals surface area contributed by atoms with E-state index in [1.807, 2.05) is 0 Å².